The summed E-state index contributed by atoms with van der Waals surface area (Å²) < 4.78 is 0. The number of rotatable bonds is 4. The van der Waals surface area contributed by atoms with Gasteiger partial charge in [-0.1, -0.05) is 35.3 Å². The average Bonchev–Trinajstić information content (AvgIpc) is 2.47. The Morgan fingerprint density at radius 3 is 2.48 bits per heavy atom. The Balaban J connectivity index is 2.14. The quantitative estimate of drug-likeness (QED) is 0.893. The first-order valence-corrected chi connectivity index (χ1v) is 7.72. The number of carbonyl (C=O) groups is 2. The number of anilines is 2. The molecule has 4 nitrogen and oxygen atoms in total. The van der Waals surface area contributed by atoms with Gasteiger partial charge in [0.05, 0.1) is 10.7 Å². The third-order valence-corrected chi connectivity index (χ3v) is 3.75. The van der Waals surface area contributed by atoms with Crippen LogP contribution in [0.4, 0.5) is 11.4 Å². The van der Waals surface area contributed by atoms with Gasteiger partial charge >= 0.3 is 0 Å². The van der Waals surface area contributed by atoms with E-state index >= 15 is 0 Å². The average molecular weight is 351 g/mol. The predicted octanol–water partition coefficient (Wildman–Crippen LogP) is 4.29. The highest BCUT2D eigenvalue weighted by molar-refractivity contribution is 6.36. The number of amides is 2. The van der Waals surface area contributed by atoms with Gasteiger partial charge in [0.15, 0.2) is 0 Å². The lowest BCUT2D eigenvalue weighted by atomic mass is 10.2. The molecule has 0 saturated heterocycles. The summed E-state index contributed by atoms with van der Waals surface area (Å²) in [5.41, 5.74) is 2.14. The van der Waals surface area contributed by atoms with Gasteiger partial charge in [-0.25, -0.2) is 0 Å². The normalized spacial score (nSPS) is 10.3. The Hall–Kier alpha value is -2.04. The molecule has 0 aliphatic rings. The fourth-order valence-corrected chi connectivity index (χ4v) is 2.56. The molecule has 1 N–H and O–H groups in total. The minimum absolute atomic E-state index is 0.0995. The maximum absolute atomic E-state index is 12.2. The largest absolute Gasteiger partial charge is 0.323 e. The number of benzene rings is 2. The second kappa shape index (κ2) is 7.49. The van der Waals surface area contributed by atoms with Crippen molar-refractivity contribution in [1.82, 2.24) is 0 Å². The Labute approximate surface area is 145 Å². The van der Waals surface area contributed by atoms with Crippen molar-refractivity contribution in [3.8, 4) is 0 Å². The number of hydrogen-bond donors (Lipinski definition) is 1. The lowest BCUT2D eigenvalue weighted by Gasteiger charge is -2.21. The number of nitrogens with zero attached hydrogens (tertiary/aromatic N) is 1. The van der Waals surface area contributed by atoms with Crippen LogP contribution >= 0.6 is 23.2 Å². The van der Waals surface area contributed by atoms with E-state index in [4.69, 9.17) is 23.2 Å². The van der Waals surface area contributed by atoms with Gasteiger partial charge in [0, 0.05) is 17.6 Å². The van der Waals surface area contributed by atoms with E-state index in [1.54, 1.807) is 24.3 Å². The lowest BCUT2D eigenvalue weighted by Crippen LogP contribution is -2.36. The maximum Gasteiger partial charge on any atom is 0.244 e. The molecule has 0 aliphatic carbocycles. The fourth-order valence-electron chi connectivity index (χ4n) is 2.10. The summed E-state index contributed by atoms with van der Waals surface area (Å²) >= 11 is 11.9. The van der Waals surface area contributed by atoms with E-state index in [1.165, 1.54) is 11.8 Å². The summed E-state index contributed by atoms with van der Waals surface area (Å²) in [6.45, 7) is 3.25. The highest BCUT2D eigenvalue weighted by Crippen LogP contribution is 2.25. The molecule has 2 aromatic rings. The molecule has 0 radical (unpaired) electrons. The fraction of sp³-hybridized carbons (Fsp3) is 0.176. The third kappa shape index (κ3) is 4.71. The van der Waals surface area contributed by atoms with Gasteiger partial charge in [-0.15, -0.1) is 0 Å². The maximum atomic E-state index is 12.2. The molecule has 0 aliphatic heterocycles. The highest BCUT2D eigenvalue weighted by Gasteiger charge is 2.16. The van der Waals surface area contributed by atoms with Gasteiger partial charge in [-0.3, -0.25) is 9.59 Å². The van der Waals surface area contributed by atoms with Crippen LogP contribution < -0.4 is 10.2 Å². The molecule has 0 saturated carbocycles. The van der Waals surface area contributed by atoms with Gasteiger partial charge in [-0.05, 0) is 42.8 Å². The van der Waals surface area contributed by atoms with Crippen LogP contribution in [0.3, 0.4) is 0 Å². The van der Waals surface area contributed by atoms with E-state index in [9.17, 15) is 9.59 Å². The summed E-state index contributed by atoms with van der Waals surface area (Å²) in [4.78, 5) is 25.5. The van der Waals surface area contributed by atoms with Gasteiger partial charge in [0.1, 0.15) is 6.54 Å². The van der Waals surface area contributed by atoms with Crippen LogP contribution in [0.5, 0.6) is 0 Å². The van der Waals surface area contributed by atoms with Crippen LogP contribution in [0.1, 0.15) is 12.5 Å². The second-order valence-electron chi connectivity index (χ2n) is 5.12. The Morgan fingerprint density at radius 2 is 1.87 bits per heavy atom. The molecule has 2 aromatic carbocycles. The van der Waals surface area contributed by atoms with Crippen molar-refractivity contribution in [2.75, 3.05) is 16.8 Å². The number of nitrogens with one attached hydrogen (secondary N) is 1. The van der Waals surface area contributed by atoms with E-state index in [2.05, 4.69) is 5.32 Å². The number of hydrogen-bond acceptors (Lipinski definition) is 2. The zero-order chi connectivity index (χ0) is 17.0. The Bertz CT molecular complexity index is 747. The molecular weight excluding hydrogens is 335 g/mol. The first-order chi connectivity index (χ1) is 10.9. The van der Waals surface area contributed by atoms with Crippen molar-refractivity contribution in [3.63, 3.8) is 0 Å². The lowest BCUT2D eigenvalue weighted by molar-refractivity contribution is -0.120. The van der Waals surface area contributed by atoms with E-state index < -0.39 is 0 Å². The van der Waals surface area contributed by atoms with E-state index in [0.29, 0.717) is 21.4 Å². The van der Waals surface area contributed by atoms with Crippen LogP contribution in [-0.2, 0) is 9.59 Å². The first kappa shape index (κ1) is 17.3. The third-order valence-electron chi connectivity index (χ3n) is 3.20. The van der Waals surface area contributed by atoms with Crippen LogP contribution in [-0.4, -0.2) is 18.4 Å². The SMILES string of the molecule is CC(=O)N(CC(=O)Nc1ccc(Cl)cc1Cl)c1cccc(C)c1. The van der Waals surface area contributed by atoms with E-state index in [-0.39, 0.29) is 18.4 Å². The number of carbonyl (C=O) groups excluding carboxylic acids is 2. The summed E-state index contributed by atoms with van der Waals surface area (Å²) in [5.74, 6) is -0.557. The molecule has 0 bridgehead atoms. The molecule has 120 valence electrons. The molecule has 6 heteroatoms. The van der Waals surface area contributed by atoms with Crippen molar-refractivity contribution >= 4 is 46.4 Å². The summed E-state index contributed by atoms with van der Waals surface area (Å²) in [7, 11) is 0. The van der Waals surface area contributed by atoms with Crippen LogP contribution in [0.25, 0.3) is 0 Å². The molecule has 23 heavy (non-hydrogen) atoms. The van der Waals surface area contributed by atoms with Crippen LogP contribution in [0.2, 0.25) is 10.0 Å². The molecule has 0 fully saturated rings. The minimum atomic E-state index is -0.342. The molecular formula is C17H16Cl2N2O2. The molecule has 0 heterocycles. The Morgan fingerprint density at radius 1 is 1.13 bits per heavy atom. The molecule has 2 amide bonds. The first-order valence-electron chi connectivity index (χ1n) is 6.96. The van der Waals surface area contributed by atoms with Crippen molar-refractivity contribution in [2.45, 2.75) is 13.8 Å². The summed E-state index contributed by atoms with van der Waals surface area (Å²) in [5, 5.41) is 3.51. The standard InChI is InChI=1S/C17H16Cl2N2O2/c1-11-4-3-5-14(8-11)21(12(2)22)10-17(23)20-16-7-6-13(18)9-15(16)19/h3-9H,10H2,1-2H3,(H,20,23). The molecule has 0 atom stereocenters. The number of halogens is 2. The van der Waals surface area contributed by atoms with Crippen molar-refractivity contribution in [3.05, 3.63) is 58.1 Å². The van der Waals surface area contributed by atoms with Gasteiger partial charge in [-0.2, -0.15) is 0 Å². The summed E-state index contributed by atoms with van der Waals surface area (Å²) in [6.07, 6.45) is 0. The smallest absolute Gasteiger partial charge is 0.244 e. The molecule has 0 aromatic heterocycles. The summed E-state index contributed by atoms with van der Waals surface area (Å²) in [6, 6.07) is 12.2. The molecule has 0 unspecified atom stereocenters. The van der Waals surface area contributed by atoms with Crippen LogP contribution in [0, 0.1) is 6.92 Å². The Kier molecular flexibility index (Phi) is 5.64. The zero-order valence-corrected chi connectivity index (χ0v) is 14.3. The zero-order valence-electron chi connectivity index (χ0n) is 12.8. The predicted molar refractivity (Wildman–Crippen MR) is 94.3 cm³/mol. The van der Waals surface area contributed by atoms with Gasteiger partial charge < -0.3 is 10.2 Å². The molecule has 0 spiro atoms. The highest BCUT2D eigenvalue weighted by atomic mass is 35.5. The van der Waals surface area contributed by atoms with Crippen molar-refractivity contribution in [2.24, 2.45) is 0 Å². The van der Waals surface area contributed by atoms with Crippen LogP contribution in [0.15, 0.2) is 42.5 Å². The van der Waals surface area contributed by atoms with Crippen molar-refractivity contribution < 1.29 is 9.59 Å². The van der Waals surface area contributed by atoms with E-state index in [1.807, 2.05) is 25.1 Å². The van der Waals surface area contributed by atoms with E-state index in [0.717, 1.165) is 5.56 Å². The minimum Gasteiger partial charge on any atom is -0.323 e. The van der Waals surface area contributed by atoms with Gasteiger partial charge in [0.2, 0.25) is 11.8 Å². The van der Waals surface area contributed by atoms with Crippen molar-refractivity contribution in [1.29, 1.82) is 0 Å². The monoisotopic (exact) mass is 350 g/mol. The van der Waals surface area contributed by atoms with Gasteiger partial charge in [0.25, 0.3) is 0 Å². The second-order valence-corrected chi connectivity index (χ2v) is 5.96. The topological polar surface area (TPSA) is 49.4 Å². The number of aryl methyl sites for hydroxylation is 1. The molecule has 2 rings (SSSR count).